The molecule has 0 spiro atoms. The molecule has 2 N–H and O–H groups in total. The lowest BCUT2D eigenvalue weighted by Crippen LogP contribution is -2.53. The molecule has 1 atom stereocenters. The van der Waals surface area contributed by atoms with E-state index in [0.29, 0.717) is 0 Å². The molecule has 2 rings (SSSR count). The minimum absolute atomic E-state index is 0.0797. The number of carbonyl (C=O) groups is 1. The Morgan fingerprint density at radius 1 is 1.37 bits per heavy atom. The van der Waals surface area contributed by atoms with E-state index in [1.807, 2.05) is 20.8 Å². The number of amides is 1. The zero-order valence-electron chi connectivity index (χ0n) is 12.1. The van der Waals surface area contributed by atoms with Crippen LogP contribution >= 0.6 is 0 Å². The molecule has 0 aromatic heterocycles. The molecule has 0 saturated heterocycles. The average Bonchev–Trinajstić information content (AvgIpc) is 2.39. The van der Waals surface area contributed by atoms with E-state index in [9.17, 15) is 4.79 Å². The summed E-state index contributed by atoms with van der Waals surface area (Å²) in [5.41, 5.74) is 2.15. The third-order valence-electron chi connectivity index (χ3n) is 3.86. The van der Waals surface area contributed by atoms with Crippen molar-refractivity contribution in [3.63, 3.8) is 0 Å². The zero-order valence-corrected chi connectivity index (χ0v) is 12.1. The van der Waals surface area contributed by atoms with Gasteiger partial charge in [0.1, 0.15) is 0 Å². The lowest BCUT2D eigenvalue weighted by atomic mass is 9.87. The number of rotatable bonds is 4. The second-order valence-electron chi connectivity index (χ2n) is 5.77. The smallest absolute Gasteiger partial charge is 0.240 e. The Bertz CT molecular complexity index is 454. The molecular formula is C16H24N2O. The third-order valence-corrected chi connectivity index (χ3v) is 3.86. The van der Waals surface area contributed by atoms with Crippen LogP contribution in [0, 0.1) is 0 Å². The Labute approximate surface area is 115 Å². The molecule has 1 aliphatic carbocycles. The van der Waals surface area contributed by atoms with Crippen molar-refractivity contribution >= 4 is 5.91 Å². The number of hydrogen-bond acceptors (Lipinski definition) is 2. The van der Waals surface area contributed by atoms with Crippen molar-refractivity contribution < 1.29 is 4.79 Å². The van der Waals surface area contributed by atoms with Crippen LogP contribution in [0.1, 0.15) is 50.8 Å². The fourth-order valence-electron chi connectivity index (χ4n) is 2.76. The predicted molar refractivity (Wildman–Crippen MR) is 78.0 cm³/mol. The molecule has 0 radical (unpaired) electrons. The highest BCUT2D eigenvalue weighted by Crippen LogP contribution is 2.29. The fraction of sp³-hybridized carbons (Fsp3) is 0.562. The van der Waals surface area contributed by atoms with Gasteiger partial charge in [0.25, 0.3) is 0 Å². The van der Waals surface area contributed by atoms with E-state index in [0.717, 1.165) is 25.8 Å². The normalized spacial score (nSPS) is 18.8. The monoisotopic (exact) mass is 260 g/mol. The van der Waals surface area contributed by atoms with Crippen LogP contribution in [0.3, 0.4) is 0 Å². The quantitative estimate of drug-likeness (QED) is 0.873. The minimum atomic E-state index is -0.513. The van der Waals surface area contributed by atoms with Crippen molar-refractivity contribution in [2.45, 2.75) is 51.6 Å². The van der Waals surface area contributed by atoms with E-state index in [2.05, 4.69) is 34.9 Å². The molecule has 0 saturated carbocycles. The predicted octanol–water partition coefficient (Wildman–Crippen LogP) is 2.57. The van der Waals surface area contributed by atoms with Crippen LogP contribution in [0.15, 0.2) is 24.3 Å². The van der Waals surface area contributed by atoms with E-state index < -0.39 is 5.54 Å². The van der Waals surface area contributed by atoms with E-state index >= 15 is 0 Å². The first-order chi connectivity index (χ1) is 9.04. The summed E-state index contributed by atoms with van der Waals surface area (Å²) < 4.78 is 0. The Kier molecular flexibility index (Phi) is 4.25. The second-order valence-corrected chi connectivity index (χ2v) is 5.77. The first kappa shape index (κ1) is 14.1. The summed E-state index contributed by atoms with van der Waals surface area (Å²) in [6.45, 7) is 6.67. The largest absolute Gasteiger partial charge is 0.348 e. The second kappa shape index (κ2) is 5.74. The maximum Gasteiger partial charge on any atom is 0.240 e. The van der Waals surface area contributed by atoms with Crippen LogP contribution in [-0.4, -0.2) is 18.0 Å². The molecule has 0 fully saturated rings. The summed E-state index contributed by atoms with van der Waals surface area (Å²) >= 11 is 0. The van der Waals surface area contributed by atoms with Gasteiger partial charge in [0, 0.05) is 0 Å². The van der Waals surface area contributed by atoms with Crippen molar-refractivity contribution in [1.82, 2.24) is 10.6 Å². The fourth-order valence-corrected chi connectivity index (χ4v) is 2.76. The lowest BCUT2D eigenvalue weighted by molar-refractivity contribution is -0.127. The van der Waals surface area contributed by atoms with Gasteiger partial charge in [-0.15, -0.1) is 0 Å². The molecule has 0 aliphatic heterocycles. The van der Waals surface area contributed by atoms with Crippen molar-refractivity contribution in [2.24, 2.45) is 0 Å². The van der Waals surface area contributed by atoms with E-state index in [4.69, 9.17) is 0 Å². The van der Waals surface area contributed by atoms with Gasteiger partial charge in [0.05, 0.1) is 11.6 Å². The number of benzene rings is 1. The Hall–Kier alpha value is -1.35. The molecule has 0 heterocycles. The standard InChI is InChI=1S/C16H24N2O/c1-4-17-16(2,3)15(19)18-14-11-7-9-12-8-5-6-10-13(12)14/h5-6,8,10,14,17H,4,7,9,11H2,1-3H3,(H,18,19). The molecule has 3 nitrogen and oxygen atoms in total. The highest BCUT2D eigenvalue weighted by Gasteiger charge is 2.30. The molecule has 1 aromatic carbocycles. The molecule has 104 valence electrons. The van der Waals surface area contributed by atoms with Crippen molar-refractivity contribution in [3.05, 3.63) is 35.4 Å². The first-order valence-corrected chi connectivity index (χ1v) is 7.18. The van der Waals surface area contributed by atoms with Crippen LogP contribution in [0.5, 0.6) is 0 Å². The van der Waals surface area contributed by atoms with E-state index in [1.165, 1.54) is 11.1 Å². The molecule has 1 aliphatic rings. The molecule has 3 heteroatoms. The lowest BCUT2D eigenvalue weighted by Gasteiger charge is -2.31. The van der Waals surface area contributed by atoms with Crippen LogP contribution in [0.4, 0.5) is 0 Å². The molecule has 1 unspecified atom stereocenters. The highest BCUT2D eigenvalue weighted by atomic mass is 16.2. The molecule has 1 aromatic rings. The van der Waals surface area contributed by atoms with Gasteiger partial charge in [-0.1, -0.05) is 31.2 Å². The van der Waals surface area contributed by atoms with Gasteiger partial charge in [-0.05, 0) is 50.8 Å². The SMILES string of the molecule is CCNC(C)(C)C(=O)NC1CCCc2ccccc21. The number of hydrogen-bond donors (Lipinski definition) is 2. The molecule has 19 heavy (non-hydrogen) atoms. The summed E-state index contributed by atoms with van der Waals surface area (Å²) in [7, 11) is 0. The average molecular weight is 260 g/mol. The molecule has 1 amide bonds. The van der Waals surface area contributed by atoms with E-state index in [1.54, 1.807) is 0 Å². The summed E-state index contributed by atoms with van der Waals surface area (Å²) in [6, 6.07) is 8.60. The number of likely N-dealkylation sites (N-methyl/N-ethyl adjacent to an activating group) is 1. The molecule has 0 bridgehead atoms. The number of carbonyl (C=O) groups excluding carboxylic acids is 1. The van der Waals surface area contributed by atoms with Crippen LogP contribution < -0.4 is 10.6 Å². The number of aryl methyl sites for hydroxylation is 1. The maximum absolute atomic E-state index is 12.4. The van der Waals surface area contributed by atoms with Gasteiger partial charge in [0.2, 0.25) is 5.91 Å². The van der Waals surface area contributed by atoms with Gasteiger partial charge in [-0.25, -0.2) is 0 Å². The summed E-state index contributed by atoms with van der Waals surface area (Å²) in [4.78, 5) is 12.4. The van der Waals surface area contributed by atoms with Gasteiger partial charge < -0.3 is 10.6 Å². The topological polar surface area (TPSA) is 41.1 Å². The van der Waals surface area contributed by atoms with Crippen LogP contribution in [0.2, 0.25) is 0 Å². The summed E-state index contributed by atoms with van der Waals surface area (Å²) in [5, 5.41) is 6.42. The maximum atomic E-state index is 12.4. The number of nitrogens with one attached hydrogen (secondary N) is 2. The van der Waals surface area contributed by atoms with Gasteiger partial charge in [-0.2, -0.15) is 0 Å². The van der Waals surface area contributed by atoms with Crippen molar-refractivity contribution in [1.29, 1.82) is 0 Å². The number of fused-ring (bicyclic) bond motifs is 1. The minimum Gasteiger partial charge on any atom is -0.348 e. The highest BCUT2D eigenvalue weighted by molar-refractivity contribution is 5.85. The third kappa shape index (κ3) is 3.16. The summed E-state index contributed by atoms with van der Waals surface area (Å²) in [5.74, 6) is 0.0797. The van der Waals surface area contributed by atoms with Gasteiger partial charge >= 0.3 is 0 Å². The van der Waals surface area contributed by atoms with Gasteiger partial charge in [0.15, 0.2) is 0 Å². The van der Waals surface area contributed by atoms with Crippen molar-refractivity contribution in [2.75, 3.05) is 6.54 Å². The summed E-state index contributed by atoms with van der Waals surface area (Å²) in [6.07, 6.45) is 3.30. The van der Waals surface area contributed by atoms with E-state index in [-0.39, 0.29) is 11.9 Å². The molecular weight excluding hydrogens is 236 g/mol. The Morgan fingerprint density at radius 3 is 2.84 bits per heavy atom. The van der Waals surface area contributed by atoms with Crippen LogP contribution in [0.25, 0.3) is 0 Å². The Morgan fingerprint density at radius 2 is 2.11 bits per heavy atom. The first-order valence-electron chi connectivity index (χ1n) is 7.18. The van der Waals surface area contributed by atoms with Crippen molar-refractivity contribution in [3.8, 4) is 0 Å². The van der Waals surface area contributed by atoms with Crippen LogP contribution in [-0.2, 0) is 11.2 Å². The zero-order chi connectivity index (χ0) is 13.9. The van der Waals surface area contributed by atoms with Gasteiger partial charge in [-0.3, -0.25) is 4.79 Å². The Balaban J connectivity index is 2.11.